The molecule has 0 aromatic rings. The molecule has 166 valence electrons. The lowest BCUT2D eigenvalue weighted by Crippen LogP contribution is -2.39. The second-order valence-corrected chi connectivity index (χ2v) is 8.99. The largest absolute Gasteiger partial charge is 0.356 e. The van der Waals surface area contributed by atoms with E-state index >= 15 is 0 Å². The van der Waals surface area contributed by atoms with Gasteiger partial charge in [-0.15, -0.1) is 0 Å². The Morgan fingerprint density at radius 2 is 0.857 bits per heavy atom. The summed E-state index contributed by atoms with van der Waals surface area (Å²) in [4.78, 5) is 5.28. The topological polar surface area (TPSA) is 6.48 Å². The van der Waals surface area contributed by atoms with Crippen LogP contribution >= 0.6 is 0 Å². The van der Waals surface area contributed by atoms with Crippen LogP contribution in [0.25, 0.3) is 0 Å². The van der Waals surface area contributed by atoms with E-state index in [2.05, 4.69) is 43.0 Å². The van der Waals surface area contributed by atoms with Crippen LogP contribution in [0.4, 0.5) is 0 Å². The molecule has 1 atom stereocenters. The van der Waals surface area contributed by atoms with Gasteiger partial charge in [-0.3, -0.25) is 0 Å². The summed E-state index contributed by atoms with van der Waals surface area (Å²) in [6.07, 6.45) is 30.6. The van der Waals surface area contributed by atoms with Gasteiger partial charge in [0, 0.05) is 25.5 Å². The molecule has 0 radical (unpaired) electrons. The lowest BCUT2D eigenvalue weighted by Gasteiger charge is -2.33. The van der Waals surface area contributed by atoms with E-state index in [0.717, 1.165) is 0 Å². The maximum absolute atomic E-state index is 2.65. The summed E-state index contributed by atoms with van der Waals surface area (Å²) in [5.41, 5.74) is 0. The molecule has 0 fully saturated rings. The minimum absolute atomic E-state index is 0.645. The lowest BCUT2D eigenvalue weighted by molar-refractivity contribution is 0.136. The first-order chi connectivity index (χ1) is 13.8. The average molecular weight is 393 g/mol. The number of hydrogen-bond acceptors (Lipinski definition) is 2. The molecule has 1 rings (SSSR count). The summed E-state index contributed by atoms with van der Waals surface area (Å²) in [5.74, 6) is 0. The van der Waals surface area contributed by atoms with Gasteiger partial charge in [-0.25, -0.2) is 0 Å². The van der Waals surface area contributed by atoms with Crippen LogP contribution in [0.3, 0.4) is 0 Å². The van der Waals surface area contributed by atoms with Gasteiger partial charge in [0.2, 0.25) is 0 Å². The van der Waals surface area contributed by atoms with Crippen molar-refractivity contribution in [2.75, 3.05) is 13.1 Å². The Hall–Kier alpha value is -0.660. The van der Waals surface area contributed by atoms with Crippen molar-refractivity contribution in [3.8, 4) is 0 Å². The highest BCUT2D eigenvalue weighted by Gasteiger charge is 2.24. The van der Waals surface area contributed by atoms with Gasteiger partial charge in [-0.1, -0.05) is 111 Å². The number of hydrogen-bond donors (Lipinski definition) is 0. The minimum atomic E-state index is 0.645. The van der Waals surface area contributed by atoms with Gasteiger partial charge in [0.15, 0.2) is 0 Å². The Bertz CT molecular complexity index is 352. The zero-order valence-corrected chi connectivity index (χ0v) is 19.8. The van der Waals surface area contributed by atoms with Crippen LogP contribution in [0.2, 0.25) is 0 Å². The molecular weight excluding hydrogens is 340 g/mol. The lowest BCUT2D eigenvalue weighted by atomic mass is 10.1. The predicted molar refractivity (Wildman–Crippen MR) is 126 cm³/mol. The molecule has 1 aliphatic rings. The van der Waals surface area contributed by atoms with E-state index in [9.17, 15) is 0 Å². The van der Waals surface area contributed by atoms with Crippen LogP contribution in [0.15, 0.2) is 12.4 Å². The molecule has 0 saturated heterocycles. The Labute approximate surface area is 178 Å². The third-order valence-electron chi connectivity index (χ3n) is 6.32. The van der Waals surface area contributed by atoms with Gasteiger partial charge < -0.3 is 9.80 Å². The maximum atomic E-state index is 2.65. The summed E-state index contributed by atoms with van der Waals surface area (Å²) < 4.78 is 0. The van der Waals surface area contributed by atoms with Crippen molar-refractivity contribution in [2.24, 2.45) is 0 Å². The van der Waals surface area contributed by atoms with Gasteiger partial charge in [0.1, 0.15) is 6.17 Å². The summed E-state index contributed by atoms with van der Waals surface area (Å²) in [6.45, 7) is 9.41. The monoisotopic (exact) mass is 392 g/mol. The molecule has 2 nitrogen and oxygen atoms in total. The van der Waals surface area contributed by atoms with E-state index in [1.54, 1.807) is 0 Å². The fourth-order valence-corrected chi connectivity index (χ4v) is 4.39. The zero-order valence-electron chi connectivity index (χ0n) is 19.8. The average Bonchev–Trinajstić information content (AvgIpc) is 3.09. The van der Waals surface area contributed by atoms with Crippen LogP contribution in [0.1, 0.15) is 136 Å². The number of unbranched alkanes of at least 4 members (excludes halogenated alkanes) is 14. The van der Waals surface area contributed by atoms with E-state index in [0.29, 0.717) is 6.17 Å². The van der Waals surface area contributed by atoms with Crippen molar-refractivity contribution in [3.05, 3.63) is 12.4 Å². The van der Waals surface area contributed by atoms with E-state index in [1.807, 2.05) is 0 Å². The predicted octanol–water partition coefficient (Wildman–Crippen LogP) is 8.48. The second-order valence-electron chi connectivity index (χ2n) is 8.99. The zero-order chi connectivity index (χ0) is 20.3. The SMILES string of the molecule is CCCCCCCCCCCCN1C=CN(CCCC)C1CCCCCCC. The van der Waals surface area contributed by atoms with Crippen molar-refractivity contribution in [2.45, 2.75) is 143 Å². The third kappa shape index (κ3) is 12.0. The molecule has 1 aliphatic heterocycles. The quantitative estimate of drug-likeness (QED) is 0.192. The Kier molecular flexibility index (Phi) is 16.7. The van der Waals surface area contributed by atoms with Crippen molar-refractivity contribution in [3.63, 3.8) is 0 Å². The smallest absolute Gasteiger partial charge is 0.101 e. The first-order valence-electron chi connectivity index (χ1n) is 13.0. The molecule has 0 aromatic heterocycles. The van der Waals surface area contributed by atoms with Crippen molar-refractivity contribution >= 4 is 0 Å². The van der Waals surface area contributed by atoms with Gasteiger partial charge in [0.25, 0.3) is 0 Å². The van der Waals surface area contributed by atoms with Crippen molar-refractivity contribution in [1.82, 2.24) is 9.80 Å². The number of nitrogens with zero attached hydrogens (tertiary/aromatic N) is 2. The van der Waals surface area contributed by atoms with Gasteiger partial charge in [-0.05, 0) is 25.7 Å². The Balaban J connectivity index is 2.16. The van der Waals surface area contributed by atoms with Crippen LogP contribution in [0, 0.1) is 0 Å². The Morgan fingerprint density at radius 3 is 1.36 bits per heavy atom. The van der Waals surface area contributed by atoms with Crippen LogP contribution in [-0.2, 0) is 0 Å². The van der Waals surface area contributed by atoms with Gasteiger partial charge >= 0.3 is 0 Å². The van der Waals surface area contributed by atoms with Crippen LogP contribution in [-0.4, -0.2) is 29.1 Å². The Morgan fingerprint density at radius 1 is 0.464 bits per heavy atom. The molecule has 0 aromatic carbocycles. The summed E-state index contributed by atoms with van der Waals surface area (Å²) >= 11 is 0. The van der Waals surface area contributed by atoms with E-state index in [1.165, 1.54) is 129 Å². The third-order valence-corrected chi connectivity index (χ3v) is 6.32. The highest BCUT2D eigenvalue weighted by molar-refractivity contribution is 4.96. The van der Waals surface area contributed by atoms with E-state index in [4.69, 9.17) is 0 Å². The van der Waals surface area contributed by atoms with Crippen molar-refractivity contribution < 1.29 is 0 Å². The first kappa shape index (κ1) is 25.4. The second kappa shape index (κ2) is 18.4. The highest BCUT2D eigenvalue weighted by atomic mass is 15.4. The minimum Gasteiger partial charge on any atom is -0.356 e. The summed E-state index contributed by atoms with van der Waals surface area (Å²) in [5, 5.41) is 0. The standard InChI is InChI=1S/C26H52N2/c1-4-7-10-12-13-14-15-16-18-20-23-28-25-24-27(22-9-6-3)26(28)21-19-17-11-8-5-2/h24-26H,4-23H2,1-3H3. The molecule has 0 amide bonds. The fourth-order valence-electron chi connectivity index (χ4n) is 4.39. The maximum Gasteiger partial charge on any atom is 0.101 e. The van der Waals surface area contributed by atoms with Crippen LogP contribution in [0.5, 0.6) is 0 Å². The number of rotatable bonds is 20. The molecule has 0 N–H and O–H groups in total. The normalized spacial score (nSPS) is 16.5. The molecule has 0 saturated carbocycles. The molecule has 28 heavy (non-hydrogen) atoms. The van der Waals surface area contributed by atoms with E-state index < -0.39 is 0 Å². The molecule has 1 unspecified atom stereocenters. The van der Waals surface area contributed by atoms with Gasteiger partial charge in [0.05, 0.1) is 0 Å². The molecule has 0 bridgehead atoms. The first-order valence-corrected chi connectivity index (χ1v) is 13.0. The van der Waals surface area contributed by atoms with E-state index in [-0.39, 0.29) is 0 Å². The molecular formula is C26H52N2. The van der Waals surface area contributed by atoms with Crippen molar-refractivity contribution in [1.29, 1.82) is 0 Å². The van der Waals surface area contributed by atoms with Gasteiger partial charge in [-0.2, -0.15) is 0 Å². The fraction of sp³-hybridized carbons (Fsp3) is 0.923. The molecule has 0 aliphatic carbocycles. The molecule has 0 spiro atoms. The summed E-state index contributed by atoms with van der Waals surface area (Å²) in [7, 11) is 0. The molecule has 1 heterocycles. The summed E-state index contributed by atoms with van der Waals surface area (Å²) in [6, 6.07) is 0. The molecule has 2 heteroatoms. The van der Waals surface area contributed by atoms with Crippen LogP contribution < -0.4 is 0 Å². The highest BCUT2D eigenvalue weighted by Crippen LogP contribution is 2.23.